The molecule has 0 radical (unpaired) electrons. The van der Waals surface area contributed by atoms with Gasteiger partial charge >= 0.3 is 0 Å². The van der Waals surface area contributed by atoms with E-state index in [1.807, 2.05) is 19.2 Å². The van der Waals surface area contributed by atoms with Crippen LogP contribution in [0.5, 0.6) is 0 Å². The molecule has 0 saturated heterocycles. The summed E-state index contributed by atoms with van der Waals surface area (Å²) in [6, 6.07) is 4.09. The zero-order chi connectivity index (χ0) is 10.9. The Morgan fingerprint density at radius 3 is 2.73 bits per heavy atom. The van der Waals surface area contributed by atoms with Gasteiger partial charge in [0.2, 0.25) is 0 Å². The van der Waals surface area contributed by atoms with Crippen LogP contribution in [-0.4, -0.2) is 17.1 Å². The summed E-state index contributed by atoms with van der Waals surface area (Å²) < 4.78 is 0. The minimum Gasteiger partial charge on any atom is -0.363 e. The second-order valence-corrected chi connectivity index (χ2v) is 4.74. The first-order chi connectivity index (χ1) is 7.14. The maximum Gasteiger partial charge on any atom is 0.126 e. The van der Waals surface area contributed by atoms with Gasteiger partial charge in [0.05, 0.1) is 5.54 Å². The van der Waals surface area contributed by atoms with E-state index in [1.54, 1.807) is 0 Å². The van der Waals surface area contributed by atoms with Gasteiger partial charge in [-0.1, -0.05) is 6.07 Å². The van der Waals surface area contributed by atoms with Gasteiger partial charge in [0.1, 0.15) is 5.82 Å². The first kappa shape index (κ1) is 10.4. The molecule has 0 spiro atoms. The molecular weight excluding hydrogens is 186 g/mol. The molecule has 0 aliphatic heterocycles. The summed E-state index contributed by atoms with van der Waals surface area (Å²) in [6.45, 7) is 4.89. The fourth-order valence-electron chi connectivity index (χ4n) is 1.87. The molecule has 1 aromatic heterocycles. The van der Waals surface area contributed by atoms with Crippen LogP contribution in [-0.2, 0) is 0 Å². The van der Waals surface area contributed by atoms with Crippen molar-refractivity contribution in [3.8, 4) is 0 Å². The molecule has 1 saturated carbocycles. The minimum atomic E-state index is 0.0161. The number of aryl methyl sites for hydroxylation is 1. The smallest absolute Gasteiger partial charge is 0.126 e. The van der Waals surface area contributed by atoms with E-state index < -0.39 is 0 Å². The lowest BCUT2D eigenvalue weighted by atomic mass is 9.96. The zero-order valence-electron chi connectivity index (χ0n) is 9.46. The fourth-order valence-corrected chi connectivity index (χ4v) is 1.87. The highest BCUT2D eigenvalue weighted by Crippen LogP contribution is 2.40. The topological polar surface area (TPSA) is 50.9 Å². The van der Waals surface area contributed by atoms with Crippen LogP contribution in [0.2, 0.25) is 0 Å². The first-order valence-electron chi connectivity index (χ1n) is 5.55. The Hall–Kier alpha value is -1.09. The Balaban J connectivity index is 2.09. The van der Waals surface area contributed by atoms with Crippen LogP contribution in [0.15, 0.2) is 18.3 Å². The quantitative estimate of drug-likeness (QED) is 0.789. The largest absolute Gasteiger partial charge is 0.363 e. The van der Waals surface area contributed by atoms with Crippen molar-refractivity contribution in [3.05, 3.63) is 23.9 Å². The molecule has 1 aliphatic rings. The molecular formula is C12H19N3. The van der Waals surface area contributed by atoms with Crippen molar-refractivity contribution in [2.45, 2.75) is 32.2 Å². The van der Waals surface area contributed by atoms with E-state index in [4.69, 9.17) is 5.73 Å². The molecule has 1 atom stereocenters. The van der Waals surface area contributed by atoms with E-state index in [9.17, 15) is 0 Å². The summed E-state index contributed by atoms with van der Waals surface area (Å²) in [5.74, 6) is 1.64. The second-order valence-electron chi connectivity index (χ2n) is 4.74. The number of hydrogen-bond acceptors (Lipinski definition) is 3. The van der Waals surface area contributed by atoms with E-state index >= 15 is 0 Å². The minimum absolute atomic E-state index is 0.0161. The van der Waals surface area contributed by atoms with E-state index in [2.05, 4.69) is 23.3 Å². The molecule has 0 aromatic carbocycles. The molecule has 1 aromatic rings. The van der Waals surface area contributed by atoms with Crippen molar-refractivity contribution in [3.63, 3.8) is 0 Å². The molecule has 15 heavy (non-hydrogen) atoms. The Kier molecular flexibility index (Phi) is 2.65. The standard InChI is InChI=1S/C12H19N3/c1-9-3-6-11(14-7-9)15-12(2,8-13)10-4-5-10/h3,6-7,10H,4-5,8,13H2,1-2H3,(H,14,15). The first-order valence-corrected chi connectivity index (χ1v) is 5.55. The number of nitrogens with one attached hydrogen (secondary N) is 1. The van der Waals surface area contributed by atoms with Crippen LogP contribution in [0, 0.1) is 12.8 Å². The van der Waals surface area contributed by atoms with Crippen molar-refractivity contribution in [1.29, 1.82) is 0 Å². The van der Waals surface area contributed by atoms with Gasteiger partial charge in [-0.15, -0.1) is 0 Å². The van der Waals surface area contributed by atoms with Crippen molar-refractivity contribution in [2.24, 2.45) is 11.7 Å². The highest BCUT2D eigenvalue weighted by atomic mass is 15.1. The van der Waals surface area contributed by atoms with Crippen molar-refractivity contribution < 1.29 is 0 Å². The SMILES string of the molecule is Cc1ccc(NC(C)(CN)C2CC2)nc1. The highest BCUT2D eigenvalue weighted by molar-refractivity contribution is 5.39. The molecule has 82 valence electrons. The number of aromatic nitrogens is 1. The summed E-state index contributed by atoms with van der Waals surface area (Å²) >= 11 is 0. The number of anilines is 1. The van der Waals surface area contributed by atoms with Crippen molar-refractivity contribution in [2.75, 3.05) is 11.9 Å². The molecule has 0 bridgehead atoms. The van der Waals surface area contributed by atoms with E-state index in [-0.39, 0.29) is 5.54 Å². The predicted molar refractivity (Wildman–Crippen MR) is 62.8 cm³/mol. The molecule has 1 unspecified atom stereocenters. The predicted octanol–water partition coefficient (Wildman–Crippen LogP) is 1.93. The van der Waals surface area contributed by atoms with Gasteiger partial charge in [0.15, 0.2) is 0 Å². The third kappa shape index (κ3) is 2.29. The van der Waals surface area contributed by atoms with Gasteiger partial charge < -0.3 is 11.1 Å². The lowest BCUT2D eigenvalue weighted by Gasteiger charge is -2.30. The molecule has 3 heteroatoms. The van der Waals surface area contributed by atoms with E-state index in [0.29, 0.717) is 12.5 Å². The number of rotatable bonds is 4. The van der Waals surface area contributed by atoms with Gasteiger partial charge in [0, 0.05) is 12.7 Å². The van der Waals surface area contributed by atoms with Crippen molar-refractivity contribution >= 4 is 5.82 Å². The average Bonchev–Trinajstić information content (AvgIpc) is 3.05. The summed E-state index contributed by atoms with van der Waals surface area (Å²) in [6.07, 6.45) is 4.45. The number of pyridine rings is 1. The lowest BCUT2D eigenvalue weighted by molar-refractivity contribution is 0.458. The summed E-state index contributed by atoms with van der Waals surface area (Å²) in [5.41, 5.74) is 7.03. The monoisotopic (exact) mass is 205 g/mol. The Morgan fingerprint density at radius 2 is 2.27 bits per heavy atom. The third-order valence-corrected chi connectivity index (χ3v) is 3.23. The van der Waals surface area contributed by atoms with Gasteiger partial charge in [-0.3, -0.25) is 0 Å². The molecule has 2 rings (SSSR count). The number of nitrogens with two attached hydrogens (primary N) is 1. The van der Waals surface area contributed by atoms with Crippen LogP contribution in [0.4, 0.5) is 5.82 Å². The van der Waals surface area contributed by atoms with Crippen LogP contribution in [0.25, 0.3) is 0 Å². The van der Waals surface area contributed by atoms with Crippen LogP contribution < -0.4 is 11.1 Å². The van der Waals surface area contributed by atoms with Gasteiger partial charge in [-0.05, 0) is 44.2 Å². The van der Waals surface area contributed by atoms with E-state index in [1.165, 1.54) is 18.4 Å². The van der Waals surface area contributed by atoms with E-state index in [0.717, 1.165) is 5.82 Å². The van der Waals surface area contributed by atoms with Gasteiger partial charge in [-0.2, -0.15) is 0 Å². The summed E-state index contributed by atoms with van der Waals surface area (Å²) in [7, 11) is 0. The molecule has 3 N–H and O–H groups in total. The Labute approximate surface area is 91.1 Å². The number of hydrogen-bond donors (Lipinski definition) is 2. The number of nitrogens with zero attached hydrogens (tertiary/aromatic N) is 1. The van der Waals surface area contributed by atoms with Gasteiger partial charge in [0.25, 0.3) is 0 Å². The fraction of sp³-hybridized carbons (Fsp3) is 0.583. The molecule has 1 fully saturated rings. The Morgan fingerprint density at radius 1 is 1.53 bits per heavy atom. The molecule has 1 aliphatic carbocycles. The lowest BCUT2D eigenvalue weighted by Crippen LogP contribution is -2.44. The molecule has 0 amide bonds. The second kappa shape index (κ2) is 3.81. The van der Waals surface area contributed by atoms with Gasteiger partial charge in [-0.25, -0.2) is 4.98 Å². The Bertz CT molecular complexity index is 329. The van der Waals surface area contributed by atoms with Crippen molar-refractivity contribution in [1.82, 2.24) is 4.98 Å². The van der Waals surface area contributed by atoms with Crippen LogP contribution >= 0.6 is 0 Å². The maximum absolute atomic E-state index is 5.84. The zero-order valence-corrected chi connectivity index (χ0v) is 9.46. The molecule has 3 nitrogen and oxygen atoms in total. The van der Waals surface area contributed by atoms with Crippen LogP contribution in [0.1, 0.15) is 25.3 Å². The highest BCUT2D eigenvalue weighted by Gasteiger charge is 2.40. The third-order valence-electron chi connectivity index (χ3n) is 3.23. The van der Waals surface area contributed by atoms with Crippen LogP contribution in [0.3, 0.4) is 0 Å². The molecule has 1 heterocycles. The summed E-state index contributed by atoms with van der Waals surface area (Å²) in [5, 5.41) is 3.46. The maximum atomic E-state index is 5.84. The summed E-state index contributed by atoms with van der Waals surface area (Å²) in [4.78, 5) is 4.35. The normalized spacial score (nSPS) is 19.7. The average molecular weight is 205 g/mol.